The van der Waals surface area contributed by atoms with Gasteiger partial charge in [0.05, 0.1) is 6.16 Å². The van der Waals surface area contributed by atoms with E-state index < -0.39 is 7.60 Å². The van der Waals surface area contributed by atoms with E-state index in [0.717, 1.165) is 11.1 Å². The summed E-state index contributed by atoms with van der Waals surface area (Å²) in [5.41, 5.74) is 1.94. The van der Waals surface area contributed by atoms with Crippen molar-refractivity contribution in [2.75, 3.05) is 6.16 Å². The predicted octanol–water partition coefficient (Wildman–Crippen LogP) is 3.55. The van der Waals surface area contributed by atoms with Crippen LogP contribution in [0.2, 0.25) is 0 Å². The van der Waals surface area contributed by atoms with Gasteiger partial charge in [-0.15, -0.1) is 0 Å². The van der Waals surface area contributed by atoms with Crippen molar-refractivity contribution in [3.63, 3.8) is 0 Å². The molecule has 0 radical (unpaired) electrons. The van der Waals surface area contributed by atoms with E-state index in [1.54, 1.807) is 6.92 Å². The summed E-state index contributed by atoms with van der Waals surface area (Å²) in [5, 5.41) is 0. The molecule has 2 aromatic rings. The highest BCUT2D eigenvalue weighted by Crippen LogP contribution is 2.40. The maximum absolute atomic E-state index is 11.1. The second kappa shape index (κ2) is 6.90. The Bertz CT molecular complexity index is 621. The first-order chi connectivity index (χ1) is 9.94. The number of hydrogen-bond donors (Lipinski definition) is 2. The van der Waals surface area contributed by atoms with Gasteiger partial charge < -0.3 is 14.5 Å². The van der Waals surface area contributed by atoms with Gasteiger partial charge in [0.1, 0.15) is 12.4 Å². The lowest BCUT2D eigenvalue weighted by atomic mass is 10.0. The SMILES string of the molecule is C[C@@H](CP(=O)(O)O)c1cccc(OCc2ccccc2)c1. The molecule has 2 N–H and O–H groups in total. The summed E-state index contributed by atoms with van der Waals surface area (Å²) in [6.45, 7) is 2.27. The van der Waals surface area contributed by atoms with Crippen LogP contribution in [0.3, 0.4) is 0 Å². The van der Waals surface area contributed by atoms with E-state index in [4.69, 9.17) is 14.5 Å². The molecule has 0 aliphatic heterocycles. The number of benzene rings is 2. The first-order valence-electron chi connectivity index (χ1n) is 6.75. The van der Waals surface area contributed by atoms with E-state index in [1.165, 1.54) is 0 Å². The molecule has 0 bridgehead atoms. The minimum absolute atomic E-state index is 0.158. The van der Waals surface area contributed by atoms with Gasteiger partial charge >= 0.3 is 7.60 Å². The van der Waals surface area contributed by atoms with Gasteiger partial charge in [-0.3, -0.25) is 4.57 Å². The first kappa shape index (κ1) is 15.8. The summed E-state index contributed by atoms with van der Waals surface area (Å²) in [6.07, 6.45) is -0.158. The van der Waals surface area contributed by atoms with Crippen molar-refractivity contribution in [2.24, 2.45) is 0 Å². The molecule has 0 unspecified atom stereocenters. The molecule has 4 nitrogen and oxygen atoms in total. The average molecular weight is 306 g/mol. The van der Waals surface area contributed by atoms with Gasteiger partial charge in [0.25, 0.3) is 0 Å². The van der Waals surface area contributed by atoms with Crippen molar-refractivity contribution in [2.45, 2.75) is 19.4 Å². The van der Waals surface area contributed by atoms with Crippen molar-refractivity contribution in [1.29, 1.82) is 0 Å². The lowest BCUT2D eigenvalue weighted by Gasteiger charge is -2.14. The van der Waals surface area contributed by atoms with Crippen LogP contribution in [0.5, 0.6) is 5.75 Å². The molecular weight excluding hydrogens is 287 g/mol. The fourth-order valence-electron chi connectivity index (χ4n) is 2.11. The zero-order valence-electron chi connectivity index (χ0n) is 11.8. The Morgan fingerprint density at radius 2 is 1.81 bits per heavy atom. The Morgan fingerprint density at radius 1 is 1.10 bits per heavy atom. The van der Waals surface area contributed by atoms with Crippen LogP contribution in [0.4, 0.5) is 0 Å². The number of rotatable bonds is 6. The summed E-state index contributed by atoms with van der Waals surface area (Å²) >= 11 is 0. The molecule has 0 aliphatic rings. The highest BCUT2D eigenvalue weighted by atomic mass is 31.2. The highest BCUT2D eigenvalue weighted by molar-refractivity contribution is 7.51. The van der Waals surface area contributed by atoms with Crippen LogP contribution in [0, 0.1) is 0 Å². The number of hydrogen-bond acceptors (Lipinski definition) is 2. The minimum atomic E-state index is -4.01. The lowest BCUT2D eigenvalue weighted by molar-refractivity contribution is 0.305. The Kier molecular flexibility index (Phi) is 5.18. The largest absolute Gasteiger partial charge is 0.489 e. The second-order valence-electron chi connectivity index (χ2n) is 5.10. The summed E-state index contributed by atoms with van der Waals surface area (Å²) < 4.78 is 16.8. The monoisotopic (exact) mass is 306 g/mol. The molecule has 0 saturated carbocycles. The smallest absolute Gasteiger partial charge is 0.326 e. The van der Waals surface area contributed by atoms with E-state index in [-0.39, 0.29) is 12.1 Å². The van der Waals surface area contributed by atoms with Gasteiger partial charge in [0, 0.05) is 0 Å². The topological polar surface area (TPSA) is 66.8 Å². The predicted molar refractivity (Wildman–Crippen MR) is 82.5 cm³/mol. The van der Waals surface area contributed by atoms with Crippen LogP contribution >= 0.6 is 7.60 Å². The van der Waals surface area contributed by atoms with Crippen molar-refractivity contribution < 1.29 is 19.1 Å². The van der Waals surface area contributed by atoms with Crippen LogP contribution in [-0.2, 0) is 11.2 Å². The zero-order chi connectivity index (χ0) is 15.3. The molecular formula is C16H19O4P. The maximum atomic E-state index is 11.1. The second-order valence-corrected chi connectivity index (χ2v) is 6.79. The molecule has 2 rings (SSSR count). The summed E-state index contributed by atoms with van der Waals surface area (Å²) in [4.78, 5) is 18.1. The van der Waals surface area contributed by atoms with E-state index in [2.05, 4.69) is 0 Å². The normalized spacial score (nSPS) is 12.9. The van der Waals surface area contributed by atoms with E-state index in [0.29, 0.717) is 12.4 Å². The molecule has 0 aliphatic carbocycles. The van der Waals surface area contributed by atoms with Crippen molar-refractivity contribution in [3.05, 3.63) is 65.7 Å². The van der Waals surface area contributed by atoms with Gasteiger partial charge in [0.2, 0.25) is 0 Å². The van der Waals surface area contributed by atoms with Crippen LogP contribution < -0.4 is 4.74 Å². The molecule has 1 atom stereocenters. The summed E-state index contributed by atoms with van der Waals surface area (Å²) in [5.74, 6) is 0.486. The van der Waals surface area contributed by atoms with Crippen molar-refractivity contribution >= 4 is 7.60 Å². The average Bonchev–Trinajstić information content (AvgIpc) is 2.45. The third-order valence-corrected chi connectivity index (χ3v) is 4.21. The fraction of sp³-hybridized carbons (Fsp3) is 0.250. The molecule has 0 amide bonds. The van der Waals surface area contributed by atoms with Gasteiger partial charge in [-0.05, 0) is 29.2 Å². The van der Waals surface area contributed by atoms with Crippen LogP contribution in [0.15, 0.2) is 54.6 Å². The first-order valence-corrected chi connectivity index (χ1v) is 8.55. The minimum Gasteiger partial charge on any atom is -0.489 e. The quantitative estimate of drug-likeness (QED) is 0.801. The Hall–Kier alpha value is -1.61. The van der Waals surface area contributed by atoms with Crippen LogP contribution in [0.1, 0.15) is 24.0 Å². The molecule has 0 spiro atoms. The molecule has 112 valence electrons. The number of ether oxygens (including phenoxy) is 1. The van der Waals surface area contributed by atoms with Crippen molar-refractivity contribution in [1.82, 2.24) is 0 Å². The van der Waals surface area contributed by atoms with Crippen LogP contribution in [-0.4, -0.2) is 15.9 Å². The Morgan fingerprint density at radius 3 is 2.48 bits per heavy atom. The summed E-state index contributed by atoms with van der Waals surface area (Å²) in [6, 6.07) is 17.2. The highest BCUT2D eigenvalue weighted by Gasteiger charge is 2.19. The fourth-order valence-corrected chi connectivity index (χ4v) is 3.04. The standard InChI is InChI=1S/C16H19O4P/c1-13(12-21(17,18)19)15-8-5-9-16(10-15)20-11-14-6-3-2-4-7-14/h2-10,13H,11-12H2,1H3,(H2,17,18,19)/t13-/m0/s1. The molecule has 0 fully saturated rings. The molecule has 21 heavy (non-hydrogen) atoms. The van der Waals surface area contributed by atoms with Gasteiger partial charge in [-0.1, -0.05) is 49.4 Å². The van der Waals surface area contributed by atoms with E-state index in [9.17, 15) is 4.57 Å². The van der Waals surface area contributed by atoms with Crippen molar-refractivity contribution in [3.8, 4) is 5.75 Å². The third-order valence-electron chi connectivity index (χ3n) is 3.19. The van der Waals surface area contributed by atoms with Gasteiger partial charge in [-0.2, -0.15) is 0 Å². The Labute approximate surface area is 124 Å². The summed E-state index contributed by atoms with van der Waals surface area (Å²) in [7, 11) is -4.01. The molecule has 0 aromatic heterocycles. The molecule has 5 heteroatoms. The molecule has 0 heterocycles. The lowest BCUT2D eigenvalue weighted by Crippen LogP contribution is -2.02. The molecule has 2 aromatic carbocycles. The van der Waals surface area contributed by atoms with E-state index in [1.807, 2.05) is 54.6 Å². The van der Waals surface area contributed by atoms with Gasteiger partial charge in [-0.25, -0.2) is 0 Å². The van der Waals surface area contributed by atoms with E-state index >= 15 is 0 Å². The molecule has 0 saturated heterocycles. The van der Waals surface area contributed by atoms with Gasteiger partial charge in [0.15, 0.2) is 0 Å². The third kappa shape index (κ3) is 5.35. The Balaban J connectivity index is 2.02. The maximum Gasteiger partial charge on any atom is 0.326 e. The van der Waals surface area contributed by atoms with Crippen LogP contribution in [0.25, 0.3) is 0 Å². The zero-order valence-corrected chi connectivity index (χ0v) is 12.7.